The summed E-state index contributed by atoms with van der Waals surface area (Å²) in [5.41, 5.74) is 6.87. The van der Waals surface area contributed by atoms with Crippen molar-refractivity contribution in [2.75, 3.05) is 45.9 Å². The van der Waals surface area contributed by atoms with E-state index in [9.17, 15) is 4.79 Å². The van der Waals surface area contributed by atoms with E-state index in [1.54, 1.807) is 0 Å². The number of rotatable bonds is 11. The van der Waals surface area contributed by atoms with Gasteiger partial charge in [-0.2, -0.15) is 0 Å². The first-order chi connectivity index (χ1) is 13.2. The minimum Gasteiger partial charge on any atom is -0.461 e. The lowest BCUT2D eigenvalue weighted by atomic mass is 10.2. The van der Waals surface area contributed by atoms with Gasteiger partial charge in [0.1, 0.15) is 6.61 Å². The average Bonchev–Trinajstić information content (AvgIpc) is 2.71. The molecule has 1 fully saturated rings. The number of morpholine rings is 1. The van der Waals surface area contributed by atoms with Crippen LogP contribution in [0.15, 0.2) is 35.3 Å². The summed E-state index contributed by atoms with van der Waals surface area (Å²) in [5.74, 6) is 0.312. The van der Waals surface area contributed by atoms with Crippen LogP contribution in [0.1, 0.15) is 31.2 Å². The summed E-state index contributed by atoms with van der Waals surface area (Å²) < 4.78 is 10.6. The van der Waals surface area contributed by atoms with Crippen LogP contribution in [0.5, 0.6) is 0 Å². The molecular weight excluding hydrogens is 471 g/mol. The second kappa shape index (κ2) is 15.5. The number of esters is 1. The van der Waals surface area contributed by atoms with E-state index < -0.39 is 0 Å². The van der Waals surface area contributed by atoms with Crippen LogP contribution in [0.25, 0.3) is 0 Å². The molecule has 0 amide bonds. The van der Waals surface area contributed by atoms with Crippen LogP contribution in [0, 0.1) is 0 Å². The molecule has 0 atom stereocenters. The van der Waals surface area contributed by atoms with Crippen molar-refractivity contribution < 1.29 is 14.3 Å². The molecule has 0 unspecified atom stereocenters. The molecule has 8 heteroatoms. The lowest BCUT2D eigenvalue weighted by Crippen LogP contribution is -2.37. The lowest BCUT2D eigenvalue weighted by Gasteiger charge is -2.26. The number of unbranched alkanes of at least 4 members (excludes halogenated alkanes) is 1. The summed E-state index contributed by atoms with van der Waals surface area (Å²) in [6.07, 6.45) is 3.04. The molecule has 7 nitrogen and oxygen atoms in total. The summed E-state index contributed by atoms with van der Waals surface area (Å²) in [7, 11) is 0. The van der Waals surface area contributed by atoms with Crippen molar-refractivity contribution in [2.45, 2.75) is 32.3 Å². The summed E-state index contributed by atoms with van der Waals surface area (Å²) in [6, 6.07) is 9.70. The molecule has 0 bridgehead atoms. The SMILES string of the molecule is I.NC(=NCCCN1CCOCC1)NCCCCC(=O)OCc1ccccc1. The Morgan fingerprint density at radius 3 is 2.68 bits per heavy atom. The first-order valence-electron chi connectivity index (χ1n) is 9.77. The van der Waals surface area contributed by atoms with Crippen LogP contribution < -0.4 is 11.1 Å². The van der Waals surface area contributed by atoms with E-state index >= 15 is 0 Å². The van der Waals surface area contributed by atoms with E-state index in [0.29, 0.717) is 25.5 Å². The zero-order valence-corrected chi connectivity index (χ0v) is 18.8. The number of guanidine groups is 1. The molecule has 0 spiro atoms. The predicted octanol–water partition coefficient (Wildman–Crippen LogP) is 2.14. The fraction of sp³-hybridized carbons (Fsp3) is 0.600. The highest BCUT2D eigenvalue weighted by molar-refractivity contribution is 14.0. The molecule has 1 aromatic carbocycles. The number of carbonyl (C=O) groups excluding carboxylic acids is 1. The van der Waals surface area contributed by atoms with Crippen LogP contribution >= 0.6 is 24.0 Å². The van der Waals surface area contributed by atoms with Crippen molar-refractivity contribution in [1.82, 2.24) is 10.2 Å². The van der Waals surface area contributed by atoms with Crippen LogP contribution in [-0.2, 0) is 20.9 Å². The van der Waals surface area contributed by atoms with Crippen molar-refractivity contribution in [3.63, 3.8) is 0 Å². The van der Waals surface area contributed by atoms with Crippen LogP contribution in [0.4, 0.5) is 0 Å². The zero-order chi connectivity index (χ0) is 19.2. The Labute approximate surface area is 185 Å². The molecule has 0 aliphatic carbocycles. The Bertz CT molecular complexity index is 566. The molecule has 3 N–H and O–H groups in total. The van der Waals surface area contributed by atoms with Gasteiger partial charge in [0.05, 0.1) is 13.2 Å². The molecule has 1 aromatic rings. The van der Waals surface area contributed by atoms with Gasteiger partial charge in [0.15, 0.2) is 5.96 Å². The van der Waals surface area contributed by atoms with Gasteiger partial charge in [-0.3, -0.25) is 14.7 Å². The van der Waals surface area contributed by atoms with E-state index in [0.717, 1.165) is 64.2 Å². The van der Waals surface area contributed by atoms with Gasteiger partial charge in [0.2, 0.25) is 0 Å². The third kappa shape index (κ3) is 11.5. The lowest BCUT2D eigenvalue weighted by molar-refractivity contribution is -0.145. The first kappa shape index (κ1) is 24.6. The van der Waals surface area contributed by atoms with Crippen molar-refractivity contribution in [2.24, 2.45) is 10.7 Å². The topological polar surface area (TPSA) is 89.2 Å². The summed E-state index contributed by atoms with van der Waals surface area (Å²) in [5, 5.41) is 3.09. The summed E-state index contributed by atoms with van der Waals surface area (Å²) >= 11 is 0. The molecule has 1 aliphatic heterocycles. The molecule has 1 heterocycles. The second-order valence-corrected chi connectivity index (χ2v) is 6.60. The zero-order valence-electron chi connectivity index (χ0n) is 16.5. The minimum absolute atomic E-state index is 0. The third-order valence-corrected chi connectivity index (χ3v) is 4.37. The molecule has 0 saturated carbocycles. The van der Waals surface area contributed by atoms with Gasteiger partial charge in [-0.1, -0.05) is 30.3 Å². The predicted molar refractivity (Wildman–Crippen MR) is 122 cm³/mol. The fourth-order valence-corrected chi connectivity index (χ4v) is 2.80. The Kier molecular flexibility index (Phi) is 13.7. The van der Waals surface area contributed by atoms with Gasteiger partial charge in [-0.05, 0) is 24.8 Å². The molecular formula is C20H33IN4O3. The van der Waals surface area contributed by atoms with E-state index in [1.165, 1.54) is 0 Å². The Morgan fingerprint density at radius 2 is 1.93 bits per heavy atom. The number of nitrogens with zero attached hydrogens (tertiary/aromatic N) is 2. The van der Waals surface area contributed by atoms with Gasteiger partial charge >= 0.3 is 5.97 Å². The van der Waals surface area contributed by atoms with Crippen LogP contribution in [-0.4, -0.2) is 62.8 Å². The highest BCUT2D eigenvalue weighted by Crippen LogP contribution is 2.03. The normalized spacial score (nSPS) is 14.9. The highest BCUT2D eigenvalue weighted by atomic mass is 127. The maximum atomic E-state index is 11.7. The molecule has 2 rings (SSSR count). The van der Waals surface area contributed by atoms with Crippen molar-refractivity contribution in [3.8, 4) is 0 Å². The molecule has 1 aliphatic rings. The van der Waals surface area contributed by atoms with Gasteiger partial charge in [-0.15, -0.1) is 24.0 Å². The van der Waals surface area contributed by atoms with Crippen LogP contribution in [0.2, 0.25) is 0 Å². The number of nitrogens with two attached hydrogens (primary N) is 1. The van der Waals surface area contributed by atoms with Crippen molar-refractivity contribution in [3.05, 3.63) is 35.9 Å². The number of halogens is 1. The minimum atomic E-state index is -0.163. The number of aliphatic imine (C=N–C) groups is 1. The largest absolute Gasteiger partial charge is 0.461 e. The average molecular weight is 504 g/mol. The molecule has 1 saturated heterocycles. The van der Waals surface area contributed by atoms with E-state index in [-0.39, 0.29) is 29.9 Å². The second-order valence-electron chi connectivity index (χ2n) is 6.60. The number of carbonyl (C=O) groups is 1. The maximum absolute atomic E-state index is 11.7. The van der Waals surface area contributed by atoms with Gasteiger partial charge < -0.3 is 20.5 Å². The standard InChI is InChI=1S/C20H32N4O3.HI/c21-20(23-11-6-12-24-13-15-26-16-14-24)22-10-5-4-9-19(25)27-17-18-7-2-1-3-8-18;/h1-3,7-8H,4-6,9-17H2,(H3,21,22,23);1H. The van der Waals surface area contributed by atoms with E-state index in [2.05, 4.69) is 15.2 Å². The molecule has 158 valence electrons. The molecule has 0 radical (unpaired) electrons. The first-order valence-corrected chi connectivity index (χ1v) is 9.77. The Morgan fingerprint density at radius 1 is 1.18 bits per heavy atom. The number of hydrogen-bond acceptors (Lipinski definition) is 5. The quantitative estimate of drug-likeness (QED) is 0.158. The van der Waals surface area contributed by atoms with E-state index in [1.807, 2.05) is 30.3 Å². The molecule has 0 aromatic heterocycles. The number of hydrogen-bond donors (Lipinski definition) is 2. The number of ether oxygens (including phenoxy) is 2. The Balaban J connectivity index is 0.00000392. The molecule has 28 heavy (non-hydrogen) atoms. The third-order valence-electron chi connectivity index (χ3n) is 4.37. The highest BCUT2D eigenvalue weighted by Gasteiger charge is 2.08. The number of nitrogens with one attached hydrogen (secondary N) is 1. The summed E-state index contributed by atoms with van der Waals surface area (Å²) in [6.45, 7) is 6.47. The van der Waals surface area contributed by atoms with Gasteiger partial charge in [0, 0.05) is 39.1 Å². The summed E-state index contributed by atoms with van der Waals surface area (Å²) in [4.78, 5) is 18.4. The van der Waals surface area contributed by atoms with Gasteiger partial charge in [-0.25, -0.2) is 0 Å². The van der Waals surface area contributed by atoms with E-state index in [4.69, 9.17) is 15.2 Å². The monoisotopic (exact) mass is 504 g/mol. The Hall–Kier alpha value is -1.39. The van der Waals surface area contributed by atoms with Gasteiger partial charge in [0.25, 0.3) is 0 Å². The fourth-order valence-electron chi connectivity index (χ4n) is 2.80. The number of benzene rings is 1. The maximum Gasteiger partial charge on any atom is 0.306 e. The smallest absolute Gasteiger partial charge is 0.306 e. The van der Waals surface area contributed by atoms with Crippen molar-refractivity contribution >= 4 is 35.9 Å². The van der Waals surface area contributed by atoms with Crippen molar-refractivity contribution in [1.29, 1.82) is 0 Å². The van der Waals surface area contributed by atoms with Crippen LogP contribution in [0.3, 0.4) is 0 Å².